The minimum absolute atomic E-state index is 0.233. The highest BCUT2D eigenvalue weighted by Crippen LogP contribution is 2.50. The van der Waals surface area contributed by atoms with Crippen LogP contribution in [0.4, 0.5) is 0 Å². The zero-order valence-electron chi connectivity index (χ0n) is 10.9. The molecule has 1 saturated carbocycles. The number of benzene rings is 1. The first-order valence-corrected chi connectivity index (χ1v) is 6.31. The van der Waals surface area contributed by atoms with E-state index in [0.717, 1.165) is 6.42 Å². The SMILES string of the molecule is COC(C)(C)CC(O)C1CC1c1ccccc1. The molecule has 3 atom stereocenters. The Morgan fingerprint density at radius 3 is 2.59 bits per heavy atom. The second-order valence-electron chi connectivity index (χ2n) is 5.65. The zero-order valence-corrected chi connectivity index (χ0v) is 10.9. The molecule has 2 rings (SSSR count). The first-order chi connectivity index (χ1) is 8.03. The summed E-state index contributed by atoms with van der Waals surface area (Å²) in [5.41, 5.74) is 1.12. The highest BCUT2D eigenvalue weighted by Gasteiger charge is 2.44. The van der Waals surface area contributed by atoms with Gasteiger partial charge in [0.05, 0.1) is 11.7 Å². The summed E-state index contributed by atoms with van der Waals surface area (Å²) in [5, 5.41) is 10.2. The summed E-state index contributed by atoms with van der Waals surface area (Å²) in [5.74, 6) is 0.950. The van der Waals surface area contributed by atoms with Gasteiger partial charge in [0.1, 0.15) is 0 Å². The van der Waals surface area contributed by atoms with Crippen LogP contribution >= 0.6 is 0 Å². The Morgan fingerprint density at radius 1 is 1.35 bits per heavy atom. The fraction of sp³-hybridized carbons (Fsp3) is 0.600. The molecule has 1 aliphatic carbocycles. The van der Waals surface area contributed by atoms with Crippen LogP contribution in [0.3, 0.4) is 0 Å². The van der Waals surface area contributed by atoms with Gasteiger partial charge in [0.2, 0.25) is 0 Å². The molecule has 17 heavy (non-hydrogen) atoms. The summed E-state index contributed by atoms with van der Waals surface area (Å²) >= 11 is 0. The average Bonchev–Trinajstić information content (AvgIpc) is 3.10. The number of ether oxygens (including phenoxy) is 1. The van der Waals surface area contributed by atoms with Gasteiger partial charge >= 0.3 is 0 Å². The summed E-state index contributed by atoms with van der Waals surface area (Å²) in [4.78, 5) is 0. The van der Waals surface area contributed by atoms with Gasteiger partial charge in [0, 0.05) is 13.5 Å². The van der Waals surface area contributed by atoms with Gasteiger partial charge in [-0.25, -0.2) is 0 Å². The van der Waals surface area contributed by atoms with Crippen molar-refractivity contribution in [3.8, 4) is 0 Å². The number of methoxy groups -OCH3 is 1. The third-order valence-electron chi connectivity index (χ3n) is 3.82. The van der Waals surface area contributed by atoms with Crippen LogP contribution in [0.5, 0.6) is 0 Å². The molecular weight excluding hydrogens is 212 g/mol. The molecule has 0 saturated heterocycles. The largest absolute Gasteiger partial charge is 0.393 e. The first kappa shape index (κ1) is 12.6. The lowest BCUT2D eigenvalue weighted by molar-refractivity contribution is -0.0248. The van der Waals surface area contributed by atoms with Gasteiger partial charge in [-0.05, 0) is 37.7 Å². The molecule has 0 spiro atoms. The highest BCUT2D eigenvalue weighted by atomic mass is 16.5. The summed E-state index contributed by atoms with van der Waals surface area (Å²) in [6.45, 7) is 4.05. The highest BCUT2D eigenvalue weighted by molar-refractivity contribution is 5.26. The number of hydrogen-bond donors (Lipinski definition) is 1. The van der Waals surface area contributed by atoms with Crippen LogP contribution in [0.1, 0.15) is 38.2 Å². The van der Waals surface area contributed by atoms with Gasteiger partial charge in [-0.1, -0.05) is 30.3 Å². The van der Waals surface area contributed by atoms with Crippen LogP contribution < -0.4 is 0 Å². The Balaban J connectivity index is 1.91. The fourth-order valence-electron chi connectivity index (χ4n) is 2.46. The minimum atomic E-state index is -0.254. The molecule has 1 N–H and O–H groups in total. The molecule has 3 unspecified atom stereocenters. The molecule has 1 aromatic rings. The summed E-state index contributed by atoms with van der Waals surface area (Å²) in [6.07, 6.45) is 1.55. The van der Waals surface area contributed by atoms with Gasteiger partial charge in [-0.3, -0.25) is 0 Å². The van der Waals surface area contributed by atoms with Crippen molar-refractivity contribution >= 4 is 0 Å². The summed E-state index contributed by atoms with van der Waals surface area (Å²) in [6, 6.07) is 10.5. The normalized spacial score (nSPS) is 25.6. The molecule has 0 heterocycles. The van der Waals surface area contributed by atoms with E-state index in [4.69, 9.17) is 4.74 Å². The van der Waals surface area contributed by atoms with E-state index in [1.807, 2.05) is 19.9 Å². The fourth-order valence-corrected chi connectivity index (χ4v) is 2.46. The molecule has 1 aromatic carbocycles. The van der Waals surface area contributed by atoms with Gasteiger partial charge < -0.3 is 9.84 Å². The molecule has 2 nitrogen and oxygen atoms in total. The third kappa shape index (κ3) is 3.08. The van der Waals surface area contributed by atoms with E-state index in [1.165, 1.54) is 5.56 Å². The second-order valence-corrected chi connectivity index (χ2v) is 5.65. The van der Waals surface area contributed by atoms with E-state index in [0.29, 0.717) is 18.3 Å². The smallest absolute Gasteiger partial charge is 0.0647 e. The van der Waals surface area contributed by atoms with E-state index < -0.39 is 0 Å². The maximum Gasteiger partial charge on any atom is 0.0647 e. The van der Waals surface area contributed by atoms with Crippen molar-refractivity contribution in [3.63, 3.8) is 0 Å². The third-order valence-corrected chi connectivity index (χ3v) is 3.82. The van der Waals surface area contributed by atoms with Crippen molar-refractivity contribution in [2.24, 2.45) is 5.92 Å². The Morgan fingerprint density at radius 2 is 2.00 bits per heavy atom. The standard InChI is InChI=1S/C15H22O2/c1-15(2,17-3)10-14(16)13-9-12(13)11-7-5-4-6-8-11/h4-8,12-14,16H,9-10H2,1-3H3. The molecule has 1 fully saturated rings. The van der Waals surface area contributed by atoms with Crippen molar-refractivity contribution in [3.05, 3.63) is 35.9 Å². The Kier molecular flexibility index (Phi) is 3.55. The van der Waals surface area contributed by atoms with Crippen LogP contribution in [-0.2, 0) is 4.74 Å². The lowest BCUT2D eigenvalue weighted by Crippen LogP contribution is -2.30. The lowest BCUT2D eigenvalue weighted by atomic mass is 9.96. The van der Waals surface area contributed by atoms with Crippen molar-refractivity contribution in [1.82, 2.24) is 0 Å². The molecule has 0 amide bonds. The Labute approximate surface area is 104 Å². The van der Waals surface area contributed by atoms with E-state index in [2.05, 4.69) is 24.3 Å². The van der Waals surface area contributed by atoms with Crippen LogP contribution in [0.2, 0.25) is 0 Å². The van der Waals surface area contributed by atoms with Gasteiger partial charge in [0.25, 0.3) is 0 Å². The molecule has 0 aliphatic heterocycles. The first-order valence-electron chi connectivity index (χ1n) is 6.31. The second kappa shape index (κ2) is 4.79. The predicted molar refractivity (Wildman–Crippen MR) is 69.0 cm³/mol. The number of hydrogen-bond acceptors (Lipinski definition) is 2. The number of aliphatic hydroxyl groups excluding tert-OH is 1. The maximum absolute atomic E-state index is 10.2. The van der Waals surface area contributed by atoms with Crippen LogP contribution in [0, 0.1) is 5.92 Å². The average molecular weight is 234 g/mol. The molecule has 2 heteroatoms. The van der Waals surface area contributed by atoms with Crippen molar-refractivity contribution in [2.75, 3.05) is 7.11 Å². The van der Waals surface area contributed by atoms with Crippen LogP contribution in [0.15, 0.2) is 30.3 Å². The van der Waals surface area contributed by atoms with Gasteiger partial charge in [0.15, 0.2) is 0 Å². The molecule has 1 aliphatic rings. The molecule has 0 aromatic heterocycles. The predicted octanol–water partition coefficient (Wildman–Crippen LogP) is 2.97. The lowest BCUT2D eigenvalue weighted by Gasteiger charge is -2.26. The molecule has 0 radical (unpaired) electrons. The topological polar surface area (TPSA) is 29.5 Å². The molecule has 0 bridgehead atoms. The Hall–Kier alpha value is -0.860. The van der Waals surface area contributed by atoms with Crippen molar-refractivity contribution in [2.45, 2.75) is 44.3 Å². The van der Waals surface area contributed by atoms with Gasteiger partial charge in [-0.2, -0.15) is 0 Å². The van der Waals surface area contributed by atoms with Crippen molar-refractivity contribution in [1.29, 1.82) is 0 Å². The number of aliphatic hydroxyl groups is 1. The van der Waals surface area contributed by atoms with Gasteiger partial charge in [-0.15, -0.1) is 0 Å². The molecular formula is C15H22O2. The van der Waals surface area contributed by atoms with E-state index in [1.54, 1.807) is 7.11 Å². The molecule has 94 valence electrons. The quantitative estimate of drug-likeness (QED) is 0.848. The van der Waals surface area contributed by atoms with E-state index >= 15 is 0 Å². The van der Waals surface area contributed by atoms with E-state index in [9.17, 15) is 5.11 Å². The Bertz CT molecular complexity index is 358. The van der Waals surface area contributed by atoms with Crippen molar-refractivity contribution < 1.29 is 9.84 Å². The van der Waals surface area contributed by atoms with Crippen LogP contribution in [0.25, 0.3) is 0 Å². The summed E-state index contributed by atoms with van der Waals surface area (Å²) in [7, 11) is 1.70. The van der Waals surface area contributed by atoms with E-state index in [-0.39, 0.29) is 11.7 Å². The monoisotopic (exact) mass is 234 g/mol. The summed E-state index contributed by atoms with van der Waals surface area (Å²) < 4.78 is 5.37. The zero-order chi connectivity index (χ0) is 12.5. The van der Waals surface area contributed by atoms with Crippen LogP contribution in [-0.4, -0.2) is 23.9 Å². The minimum Gasteiger partial charge on any atom is -0.393 e. The number of rotatable bonds is 5. The maximum atomic E-state index is 10.2.